The summed E-state index contributed by atoms with van der Waals surface area (Å²) in [7, 11) is 3.01. The Balaban J connectivity index is 1.45. The molecule has 2 amide bonds. The van der Waals surface area contributed by atoms with Crippen molar-refractivity contribution in [3.05, 3.63) is 42.4 Å². The van der Waals surface area contributed by atoms with Gasteiger partial charge in [-0.25, -0.2) is 0 Å². The predicted octanol–water partition coefficient (Wildman–Crippen LogP) is 2.33. The fourth-order valence-electron chi connectivity index (χ4n) is 3.22. The zero-order valence-corrected chi connectivity index (χ0v) is 16.9. The van der Waals surface area contributed by atoms with E-state index in [9.17, 15) is 14.4 Å². The highest BCUT2D eigenvalue weighted by Crippen LogP contribution is 2.29. The van der Waals surface area contributed by atoms with Gasteiger partial charge >= 0.3 is 5.97 Å². The molecular weight excluding hydrogens is 392 g/mol. The summed E-state index contributed by atoms with van der Waals surface area (Å²) in [4.78, 5) is 38.4. The first-order valence-electron chi connectivity index (χ1n) is 9.53. The normalized spacial score (nSPS) is 14.1. The van der Waals surface area contributed by atoms with E-state index >= 15 is 0 Å². The largest absolute Gasteiger partial charge is 0.497 e. The van der Waals surface area contributed by atoms with E-state index in [0.717, 1.165) is 0 Å². The number of esters is 1. The first-order chi connectivity index (χ1) is 14.5. The van der Waals surface area contributed by atoms with E-state index in [0.29, 0.717) is 43.1 Å². The van der Waals surface area contributed by atoms with E-state index in [1.807, 2.05) is 0 Å². The van der Waals surface area contributed by atoms with Crippen LogP contribution in [0.4, 0.5) is 5.69 Å². The molecule has 0 atom stereocenters. The van der Waals surface area contributed by atoms with Crippen LogP contribution < -0.4 is 14.8 Å². The van der Waals surface area contributed by atoms with E-state index in [1.165, 1.54) is 20.5 Å². The number of nitrogens with zero attached hydrogens (tertiary/aromatic N) is 1. The monoisotopic (exact) mass is 416 g/mol. The number of nitrogens with one attached hydrogen (secondary N) is 1. The summed E-state index contributed by atoms with van der Waals surface area (Å²) < 4.78 is 20.6. The molecular formula is C21H24N2O7. The molecule has 2 heterocycles. The molecule has 1 N–H and O–H groups in total. The van der Waals surface area contributed by atoms with Crippen molar-refractivity contribution in [1.29, 1.82) is 0 Å². The van der Waals surface area contributed by atoms with Gasteiger partial charge in [0.25, 0.3) is 11.8 Å². The van der Waals surface area contributed by atoms with Crippen LogP contribution >= 0.6 is 0 Å². The lowest BCUT2D eigenvalue weighted by Gasteiger charge is -2.30. The Labute approximate surface area is 173 Å². The fourth-order valence-corrected chi connectivity index (χ4v) is 3.22. The second kappa shape index (κ2) is 9.82. The zero-order valence-electron chi connectivity index (χ0n) is 16.9. The summed E-state index contributed by atoms with van der Waals surface area (Å²) in [5.74, 6) is -0.166. The number of hydrogen-bond acceptors (Lipinski definition) is 7. The third-order valence-electron chi connectivity index (χ3n) is 4.88. The third-order valence-corrected chi connectivity index (χ3v) is 4.88. The van der Waals surface area contributed by atoms with Crippen LogP contribution in [0.1, 0.15) is 23.4 Å². The number of methoxy groups -OCH3 is 2. The Kier molecular flexibility index (Phi) is 6.95. The van der Waals surface area contributed by atoms with E-state index in [2.05, 4.69) is 5.32 Å². The minimum absolute atomic E-state index is 0.195. The van der Waals surface area contributed by atoms with E-state index < -0.39 is 18.5 Å². The maximum Gasteiger partial charge on any atom is 0.309 e. The van der Waals surface area contributed by atoms with Crippen molar-refractivity contribution in [1.82, 2.24) is 4.90 Å². The molecule has 0 radical (unpaired) electrons. The highest BCUT2D eigenvalue weighted by Gasteiger charge is 2.30. The summed E-state index contributed by atoms with van der Waals surface area (Å²) in [5.41, 5.74) is 0.448. The Hall–Kier alpha value is -3.49. The van der Waals surface area contributed by atoms with Crippen LogP contribution in [0, 0.1) is 5.92 Å². The van der Waals surface area contributed by atoms with Gasteiger partial charge in [-0.05, 0) is 37.1 Å². The second-order valence-corrected chi connectivity index (χ2v) is 6.77. The maximum absolute atomic E-state index is 12.3. The average molecular weight is 416 g/mol. The number of ether oxygens (including phenoxy) is 3. The van der Waals surface area contributed by atoms with E-state index in [1.54, 1.807) is 35.2 Å². The van der Waals surface area contributed by atoms with Crippen molar-refractivity contribution in [2.45, 2.75) is 12.8 Å². The van der Waals surface area contributed by atoms with Gasteiger partial charge in [-0.2, -0.15) is 0 Å². The van der Waals surface area contributed by atoms with Crippen LogP contribution in [-0.4, -0.2) is 56.6 Å². The first-order valence-corrected chi connectivity index (χ1v) is 9.53. The number of carbonyl (C=O) groups is 3. The molecule has 0 saturated carbocycles. The molecule has 1 aromatic carbocycles. The molecule has 1 aliphatic heterocycles. The molecule has 1 aromatic heterocycles. The first kappa shape index (κ1) is 21.2. The van der Waals surface area contributed by atoms with Gasteiger partial charge in [0.15, 0.2) is 12.4 Å². The number of anilines is 1. The lowest BCUT2D eigenvalue weighted by atomic mass is 9.97. The number of amides is 2. The number of benzene rings is 1. The van der Waals surface area contributed by atoms with Crippen molar-refractivity contribution in [3.63, 3.8) is 0 Å². The van der Waals surface area contributed by atoms with E-state index in [-0.39, 0.29) is 17.6 Å². The van der Waals surface area contributed by atoms with Gasteiger partial charge in [-0.15, -0.1) is 0 Å². The van der Waals surface area contributed by atoms with Gasteiger partial charge in [-0.1, -0.05) is 0 Å². The Morgan fingerprint density at radius 2 is 1.90 bits per heavy atom. The Morgan fingerprint density at radius 3 is 2.53 bits per heavy atom. The van der Waals surface area contributed by atoms with Crippen molar-refractivity contribution in [3.8, 4) is 11.5 Å². The van der Waals surface area contributed by atoms with Crippen LogP contribution in [0.2, 0.25) is 0 Å². The van der Waals surface area contributed by atoms with Gasteiger partial charge < -0.3 is 28.8 Å². The molecule has 9 nitrogen and oxygen atoms in total. The minimum Gasteiger partial charge on any atom is -0.497 e. The maximum atomic E-state index is 12.3. The van der Waals surface area contributed by atoms with Crippen molar-refractivity contribution >= 4 is 23.5 Å². The SMILES string of the molecule is COc1ccc(NC(=O)COC(=O)C2CCN(C(=O)c3ccco3)CC2)c(OC)c1. The average Bonchev–Trinajstić information content (AvgIpc) is 3.32. The lowest BCUT2D eigenvalue weighted by molar-refractivity contribution is -0.152. The van der Waals surface area contributed by atoms with Gasteiger partial charge in [0, 0.05) is 19.2 Å². The smallest absolute Gasteiger partial charge is 0.309 e. The molecule has 1 fully saturated rings. The summed E-state index contributed by atoms with van der Waals surface area (Å²) in [6.07, 6.45) is 2.39. The molecule has 2 aromatic rings. The van der Waals surface area contributed by atoms with Gasteiger partial charge in [-0.3, -0.25) is 14.4 Å². The topological polar surface area (TPSA) is 107 Å². The molecule has 0 spiro atoms. The molecule has 30 heavy (non-hydrogen) atoms. The van der Waals surface area contributed by atoms with Crippen LogP contribution in [0.15, 0.2) is 41.0 Å². The third kappa shape index (κ3) is 5.11. The molecule has 9 heteroatoms. The quantitative estimate of drug-likeness (QED) is 0.690. The standard InChI is InChI=1S/C21H24N2O7/c1-27-15-5-6-16(18(12-15)28-2)22-19(24)13-30-21(26)14-7-9-23(10-8-14)20(25)17-4-3-11-29-17/h3-6,11-12,14H,7-10,13H2,1-2H3,(H,22,24). The number of rotatable bonds is 7. The van der Waals surface area contributed by atoms with Gasteiger partial charge in [0.05, 0.1) is 32.1 Å². The summed E-state index contributed by atoms with van der Waals surface area (Å²) in [6.45, 7) is 0.447. The minimum atomic E-state index is -0.475. The Bertz CT molecular complexity index is 887. The summed E-state index contributed by atoms with van der Waals surface area (Å²) >= 11 is 0. The highest BCUT2D eigenvalue weighted by atomic mass is 16.5. The number of hydrogen-bond donors (Lipinski definition) is 1. The molecule has 0 bridgehead atoms. The molecule has 1 saturated heterocycles. The number of likely N-dealkylation sites (tertiary alicyclic amines) is 1. The van der Waals surface area contributed by atoms with Crippen molar-refractivity contribution < 1.29 is 33.0 Å². The van der Waals surface area contributed by atoms with Gasteiger partial charge in [0.1, 0.15) is 11.5 Å². The number of carbonyl (C=O) groups excluding carboxylic acids is 3. The van der Waals surface area contributed by atoms with Crippen molar-refractivity contribution in [2.75, 3.05) is 39.2 Å². The molecule has 1 aliphatic rings. The van der Waals surface area contributed by atoms with Crippen molar-refractivity contribution in [2.24, 2.45) is 5.92 Å². The van der Waals surface area contributed by atoms with Gasteiger partial charge in [0.2, 0.25) is 0 Å². The summed E-state index contributed by atoms with van der Waals surface area (Å²) in [5, 5.41) is 2.65. The molecule has 0 aliphatic carbocycles. The molecule has 160 valence electrons. The highest BCUT2D eigenvalue weighted by molar-refractivity contribution is 5.94. The van der Waals surface area contributed by atoms with Crippen LogP contribution in [0.3, 0.4) is 0 Å². The van der Waals surface area contributed by atoms with Crippen LogP contribution in [0.25, 0.3) is 0 Å². The Morgan fingerprint density at radius 1 is 1.13 bits per heavy atom. The zero-order chi connectivity index (χ0) is 21.5. The number of furan rings is 1. The molecule has 3 rings (SSSR count). The van der Waals surface area contributed by atoms with Crippen LogP contribution in [0.5, 0.6) is 11.5 Å². The molecule has 0 unspecified atom stereocenters. The van der Waals surface area contributed by atoms with E-state index in [4.69, 9.17) is 18.6 Å². The lowest BCUT2D eigenvalue weighted by Crippen LogP contribution is -2.40. The number of piperidine rings is 1. The fraction of sp³-hybridized carbons (Fsp3) is 0.381. The predicted molar refractivity (Wildman–Crippen MR) is 106 cm³/mol. The second-order valence-electron chi connectivity index (χ2n) is 6.77. The summed E-state index contributed by atoms with van der Waals surface area (Å²) in [6, 6.07) is 8.23. The van der Waals surface area contributed by atoms with Crippen LogP contribution in [-0.2, 0) is 14.3 Å².